The van der Waals surface area contributed by atoms with E-state index in [0.29, 0.717) is 24.3 Å². The number of carbonyl (C=O) groups is 3. The van der Waals surface area contributed by atoms with E-state index >= 15 is 0 Å². The predicted molar refractivity (Wildman–Crippen MR) is 128 cm³/mol. The monoisotopic (exact) mass is 446 g/mol. The molecule has 1 aromatic heterocycles. The third-order valence-electron chi connectivity index (χ3n) is 6.35. The molecule has 7 heteroatoms. The number of fused-ring (bicyclic) bond motifs is 1. The van der Waals surface area contributed by atoms with Gasteiger partial charge >= 0.3 is 0 Å². The van der Waals surface area contributed by atoms with E-state index in [4.69, 9.17) is 0 Å². The molecule has 1 heterocycles. The minimum atomic E-state index is -0.276. The number of aromatic nitrogens is 1. The molecular weight excluding hydrogens is 416 g/mol. The van der Waals surface area contributed by atoms with Crippen LogP contribution >= 0.6 is 0 Å². The second kappa shape index (κ2) is 10.3. The predicted octanol–water partition coefficient (Wildman–Crippen LogP) is 3.01. The first kappa shape index (κ1) is 22.6. The molecule has 1 aliphatic carbocycles. The van der Waals surface area contributed by atoms with Crippen LogP contribution in [0.3, 0.4) is 0 Å². The molecule has 0 bridgehead atoms. The Hall–Kier alpha value is -3.61. The van der Waals surface area contributed by atoms with Crippen molar-refractivity contribution in [3.05, 3.63) is 71.9 Å². The highest BCUT2D eigenvalue weighted by Gasteiger charge is 2.32. The van der Waals surface area contributed by atoms with Gasteiger partial charge in [0.25, 0.3) is 11.8 Å². The Labute approximate surface area is 193 Å². The molecular formula is C26H30N4O3. The second-order valence-electron chi connectivity index (χ2n) is 8.53. The Morgan fingerprint density at radius 1 is 0.879 bits per heavy atom. The number of amides is 3. The van der Waals surface area contributed by atoms with Crippen molar-refractivity contribution in [2.75, 3.05) is 13.1 Å². The molecule has 0 unspecified atom stereocenters. The Bertz CT molecular complexity index is 1140. The molecule has 0 saturated heterocycles. The van der Waals surface area contributed by atoms with E-state index in [1.165, 1.54) is 0 Å². The normalized spacial score (nSPS) is 18.0. The molecule has 172 valence electrons. The van der Waals surface area contributed by atoms with Crippen molar-refractivity contribution in [3.63, 3.8) is 0 Å². The van der Waals surface area contributed by atoms with Gasteiger partial charge in [0.05, 0.1) is 5.92 Å². The lowest BCUT2D eigenvalue weighted by Crippen LogP contribution is -2.49. The Kier molecular flexibility index (Phi) is 7.07. The van der Waals surface area contributed by atoms with Crippen LogP contribution < -0.4 is 16.0 Å². The SMILES string of the molecule is Cn1c(C(=O)N[C@H]2CCCC[C@H]2C(=O)NCCNC(=O)c2ccccc2)cc2ccccc21. The lowest BCUT2D eigenvalue weighted by atomic mass is 9.83. The maximum atomic E-state index is 13.0. The van der Waals surface area contributed by atoms with Gasteiger partial charge in [0.15, 0.2) is 0 Å². The van der Waals surface area contributed by atoms with Crippen LogP contribution in [-0.4, -0.2) is 41.4 Å². The largest absolute Gasteiger partial charge is 0.354 e. The highest BCUT2D eigenvalue weighted by Crippen LogP contribution is 2.26. The molecule has 0 radical (unpaired) electrons. The average Bonchev–Trinajstić information content (AvgIpc) is 3.19. The molecule has 2 aromatic carbocycles. The minimum absolute atomic E-state index is 0.0778. The summed E-state index contributed by atoms with van der Waals surface area (Å²) >= 11 is 0. The van der Waals surface area contributed by atoms with Gasteiger partial charge in [-0.1, -0.05) is 49.2 Å². The number of aryl methyl sites for hydroxylation is 1. The molecule has 33 heavy (non-hydrogen) atoms. The van der Waals surface area contributed by atoms with Gasteiger partial charge in [0.2, 0.25) is 5.91 Å². The fourth-order valence-electron chi connectivity index (χ4n) is 4.55. The number of hydrogen-bond acceptors (Lipinski definition) is 3. The van der Waals surface area contributed by atoms with Crippen molar-refractivity contribution in [1.29, 1.82) is 0 Å². The average molecular weight is 447 g/mol. The molecule has 3 aromatic rings. The summed E-state index contributed by atoms with van der Waals surface area (Å²) in [7, 11) is 1.88. The molecule has 1 aliphatic rings. The Morgan fingerprint density at radius 2 is 1.58 bits per heavy atom. The first-order valence-electron chi connectivity index (χ1n) is 11.5. The third-order valence-corrected chi connectivity index (χ3v) is 6.35. The highest BCUT2D eigenvalue weighted by molar-refractivity contribution is 5.99. The number of nitrogens with zero attached hydrogens (tertiary/aromatic N) is 1. The standard InChI is InChI=1S/C26H30N4O3/c1-30-22-14-8-5-11-19(22)17-23(30)26(33)29-21-13-7-6-12-20(21)25(32)28-16-15-27-24(31)18-9-3-2-4-10-18/h2-5,8-11,14,17,20-21H,6-7,12-13,15-16H2,1H3,(H,27,31)(H,28,32)(H,29,33)/t20-,21+/m1/s1. The lowest BCUT2D eigenvalue weighted by molar-refractivity contribution is -0.126. The van der Waals surface area contributed by atoms with E-state index in [-0.39, 0.29) is 29.7 Å². The van der Waals surface area contributed by atoms with Gasteiger partial charge in [-0.2, -0.15) is 0 Å². The summed E-state index contributed by atoms with van der Waals surface area (Å²) < 4.78 is 1.89. The van der Waals surface area contributed by atoms with Crippen LogP contribution in [0.4, 0.5) is 0 Å². The summed E-state index contributed by atoms with van der Waals surface area (Å²) in [6.07, 6.45) is 3.46. The number of para-hydroxylation sites is 1. The number of benzene rings is 2. The zero-order valence-corrected chi connectivity index (χ0v) is 18.8. The van der Waals surface area contributed by atoms with Gasteiger partial charge in [-0.25, -0.2) is 0 Å². The van der Waals surface area contributed by atoms with Crippen LogP contribution in [-0.2, 0) is 11.8 Å². The summed E-state index contributed by atoms with van der Waals surface area (Å²) in [6.45, 7) is 0.691. The summed E-state index contributed by atoms with van der Waals surface area (Å²) in [5.74, 6) is -0.677. The Balaban J connectivity index is 1.31. The van der Waals surface area contributed by atoms with Crippen LogP contribution in [0.5, 0.6) is 0 Å². The van der Waals surface area contributed by atoms with Gasteiger partial charge < -0.3 is 20.5 Å². The first-order valence-corrected chi connectivity index (χ1v) is 11.5. The zero-order chi connectivity index (χ0) is 23.2. The van der Waals surface area contributed by atoms with Crippen molar-refractivity contribution in [2.24, 2.45) is 13.0 Å². The number of nitrogens with one attached hydrogen (secondary N) is 3. The number of hydrogen-bond donors (Lipinski definition) is 3. The fourth-order valence-corrected chi connectivity index (χ4v) is 4.55. The molecule has 3 N–H and O–H groups in total. The van der Waals surface area contributed by atoms with Crippen LogP contribution in [0.15, 0.2) is 60.7 Å². The fraction of sp³-hybridized carbons (Fsp3) is 0.346. The quantitative estimate of drug-likeness (QED) is 0.487. The van der Waals surface area contributed by atoms with Gasteiger partial charge in [0, 0.05) is 42.6 Å². The molecule has 3 amide bonds. The van der Waals surface area contributed by atoms with E-state index in [0.717, 1.165) is 36.6 Å². The molecule has 7 nitrogen and oxygen atoms in total. The maximum Gasteiger partial charge on any atom is 0.268 e. The molecule has 1 saturated carbocycles. The van der Waals surface area contributed by atoms with Crippen LogP contribution in [0.2, 0.25) is 0 Å². The van der Waals surface area contributed by atoms with Crippen molar-refractivity contribution < 1.29 is 14.4 Å². The number of carbonyl (C=O) groups excluding carboxylic acids is 3. The van der Waals surface area contributed by atoms with E-state index in [1.54, 1.807) is 12.1 Å². The molecule has 4 rings (SSSR count). The molecule has 2 atom stereocenters. The summed E-state index contributed by atoms with van der Waals surface area (Å²) in [6, 6.07) is 18.5. The maximum absolute atomic E-state index is 13.0. The van der Waals surface area contributed by atoms with E-state index < -0.39 is 0 Å². The summed E-state index contributed by atoms with van der Waals surface area (Å²) in [4.78, 5) is 38.0. The van der Waals surface area contributed by atoms with Crippen LogP contribution in [0, 0.1) is 5.92 Å². The van der Waals surface area contributed by atoms with E-state index in [2.05, 4.69) is 16.0 Å². The summed E-state index contributed by atoms with van der Waals surface area (Å²) in [5.41, 5.74) is 2.18. The zero-order valence-electron chi connectivity index (χ0n) is 18.8. The van der Waals surface area contributed by atoms with Crippen molar-refractivity contribution >= 4 is 28.6 Å². The van der Waals surface area contributed by atoms with Crippen molar-refractivity contribution in [1.82, 2.24) is 20.5 Å². The lowest BCUT2D eigenvalue weighted by Gasteiger charge is -2.31. The van der Waals surface area contributed by atoms with Gasteiger partial charge in [-0.05, 0) is 37.1 Å². The van der Waals surface area contributed by atoms with Gasteiger partial charge in [-0.15, -0.1) is 0 Å². The van der Waals surface area contributed by atoms with Gasteiger partial charge in [0.1, 0.15) is 5.69 Å². The first-order chi connectivity index (χ1) is 16.0. The molecule has 1 fully saturated rings. The van der Waals surface area contributed by atoms with Crippen molar-refractivity contribution in [3.8, 4) is 0 Å². The van der Waals surface area contributed by atoms with E-state index in [9.17, 15) is 14.4 Å². The van der Waals surface area contributed by atoms with E-state index in [1.807, 2.05) is 60.1 Å². The minimum Gasteiger partial charge on any atom is -0.354 e. The highest BCUT2D eigenvalue weighted by atomic mass is 16.2. The summed E-state index contributed by atoms with van der Waals surface area (Å²) in [5, 5.41) is 9.86. The van der Waals surface area contributed by atoms with Crippen LogP contribution in [0.25, 0.3) is 10.9 Å². The number of rotatable bonds is 7. The smallest absolute Gasteiger partial charge is 0.268 e. The topological polar surface area (TPSA) is 92.2 Å². The van der Waals surface area contributed by atoms with Gasteiger partial charge in [-0.3, -0.25) is 14.4 Å². The third kappa shape index (κ3) is 5.25. The van der Waals surface area contributed by atoms with Crippen LogP contribution in [0.1, 0.15) is 46.5 Å². The molecule has 0 aliphatic heterocycles. The van der Waals surface area contributed by atoms with Crippen molar-refractivity contribution in [2.45, 2.75) is 31.7 Å². The second-order valence-corrected chi connectivity index (χ2v) is 8.53. The Morgan fingerprint density at radius 3 is 2.36 bits per heavy atom. The molecule has 0 spiro atoms.